The van der Waals surface area contributed by atoms with Crippen LogP contribution in [-0.4, -0.2) is 22.7 Å². The van der Waals surface area contributed by atoms with Gasteiger partial charge in [0.2, 0.25) is 0 Å². The van der Waals surface area contributed by atoms with Gasteiger partial charge in [0.25, 0.3) is 5.91 Å². The van der Waals surface area contributed by atoms with E-state index in [0.717, 1.165) is 0 Å². The zero-order valence-electron chi connectivity index (χ0n) is 11.6. The van der Waals surface area contributed by atoms with Gasteiger partial charge in [0, 0.05) is 22.6 Å². The standard InChI is InChI=1S/C15H12BrFN4O/c1-19-15(22)14-10-6-11(16)12(18)7-13(10)20-21(14)9-4-2-8(17)3-5-9/h2-7H,18H2,1H3,(H,19,22). The van der Waals surface area contributed by atoms with Gasteiger partial charge in [-0.3, -0.25) is 4.79 Å². The molecule has 0 aliphatic heterocycles. The number of hydrogen-bond donors (Lipinski definition) is 2. The number of anilines is 1. The fourth-order valence-corrected chi connectivity index (χ4v) is 2.57. The number of hydrogen-bond acceptors (Lipinski definition) is 3. The van der Waals surface area contributed by atoms with E-state index < -0.39 is 0 Å². The first-order valence-electron chi connectivity index (χ1n) is 6.47. The van der Waals surface area contributed by atoms with Gasteiger partial charge in [-0.05, 0) is 52.3 Å². The molecule has 7 heteroatoms. The molecular formula is C15H12BrFN4O. The van der Waals surface area contributed by atoms with E-state index in [9.17, 15) is 9.18 Å². The summed E-state index contributed by atoms with van der Waals surface area (Å²) in [5, 5.41) is 7.67. The lowest BCUT2D eigenvalue weighted by atomic mass is 10.2. The van der Waals surface area contributed by atoms with E-state index in [1.165, 1.54) is 16.8 Å². The number of fused-ring (bicyclic) bond motifs is 1. The van der Waals surface area contributed by atoms with Gasteiger partial charge in [0.05, 0.1) is 11.2 Å². The van der Waals surface area contributed by atoms with Crippen molar-refractivity contribution in [2.24, 2.45) is 0 Å². The predicted molar refractivity (Wildman–Crippen MR) is 86.5 cm³/mol. The molecule has 0 unspecified atom stereocenters. The van der Waals surface area contributed by atoms with Crippen molar-refractivity contribution in [1.29, 1.82) is 0 Å². The number of halogens is 2. The number of benzene rings is 2. The Hall–Kier alpha value is -2.41. The summed E-state index contributed by atoms with van der Waals surface area (Å²) in [5.74, 6) is -0.641. The fourth-order valence-electron chi connectivity index (χ4n) is 2.23. The van der Waals surface area contributed by atoms with Gasteiger partial charge in [0.1, 0.15) is 11.5 Å². The monoisotopic (exact) mass is 362 g/mol. The van der Waals surface area contributed by atoms with Crippen LogP contribution in [0.1, 0.15) is 10.5 Å². The van der Waals surface area contributed by atoms with Crippen molar-refractivity contribution in [3.63, 3.8) is 0 Å². The number of amides is 1. The molecule has 112 valence electrons. The minimum absolute atomic E-state index is 0.288. The first-order valence-corrected chi connectivity index (χ1v) is 7.26. The Kier molecular flexibility index (Phi) is 3.58. The molecule has 0 aliphatic carbocycles. The number of rotatable bonds is 2. The maximum absolute atomic E-state index is 13.1. The third kappa shape index (κ3) is 2.33. The molecule has 0 spiro atoms. The average Bonchev–Trinajstić information content (AvgIpc) is 2.86. The molecule has 1 aromatic heterocycles. The molecule has 3 rings (SSSR count). The molecule has 0 saturated heterocycles. The Morgan fingerprint density at radius 2 is 2.00 bits per heavy atom. The number of nitrogen functional groups attached to an aromatic ring is 1. The van der Waals surface area contributed by atoms with Crippen molar-refractivity contribution in [3.8, 4) is 5.69 Å². The number of aromatic nitrogens is 2. The minimum atomic E-state index is -0.353. The number of nitrogens with two attached hydrogens (primary N) is 1. The summed E-state index contributed by atoms with van der Waals surface area (Å²) in [6.45, 7) is 0. The lowest BCUT2D eigenvalue weighted by molar-refractivity contribution is 0.0957. The molecule has 0 saturated carbocycles. The van der Waals surface area contributed by atoms with Gasteiger partial charge < -0.3 is 11.1 Å². The Morgan fingerprint density at radius 3 is 2.64 bits per heavy atom. The summed E-state index contributed by atoms with van der Waals surface area (Å²) in [5.41, 5.74) is 7.93. The van der Waals surface area contributed by atoms with Crippen LogP contribution >= 0.6 is 15.9 Å². The Morgan fingerprint density at radius 1 is 1.32 bits per heavy atom. The molecule has 0 fully saturated rings. The van der Waals surface area contributed by atoms with Crippen molar-refractivity contribution >= 4 is 38.4 Å². The van der Waals surface area contributed by atoms with Gasteiger partial charge in [-0.25, -0.2) is 9.07 Å². The van der Waals surface area contributed by atoms with Crippen LogP contribution in [0.4, 0.5) is 10.1 Å². The van der Waals surface area contributed by atoms with Crippen LogP contribution in [0.15, 0.2) is 40.9 Å². The van der Waals surface area contributed by atoms with Gasteiger partial charge in [-0.2, -0.15) is 5.10 Å². The molecule has 3 N–H and O–H groups in total. The van der Waals surface area contributed by atoms with Gasteiger partial charge in [0.15, 0.2) is 0 Å². The van der Waals surface area contributed by atoms with Crippen LogP contribution in [0, 0.1) is 5.82 Å². The van der Waals surface area contributed by atoms with E-state index >= 15 is 0 Å². The molecule has 0 atom stereocenters. The third-order valence-electron chi connectivity index (χ3n) is 3.30. The molecule has 0 radical (unpaired) electrons. The van der Waals surface area contributed by atoms with E-state index in [1.807, 2.05) is 0 Å². The summed E-state index contributed by atoms with van der Waals surface area (Å²) < 4.78 is 15.3. The number of nitrogens with one attached hydrogen (secondary N) is 1. The van der Waals surface area contributed by atoms with Crippen molar-refractivity contribution in [1.82, 2.24) is 15.1 Å². The van der Waals surface area contributed by atoms with Crippen LogP contribution in [0.25, 0.3) is 16.6 Å². The molecular weight excluding hydrogens is 351 g/mol. The zero-order valence-corrected chi connectivity index (χ0v) is 13.2. The minimum Gasteiger partial charge on any atom is -0.398 e. The van der Waals surface area contributed by atoms with Crippen LogP contribution in [0.2, 0.25) is 0 Å². The maximum atomic E-state index is 13.1. The summed E-state index contributed by atoms with van der Waals surface area (Å²) in [4.78, 5) is 12.3. The summed E-state index contributed by atoms with van der Waals surface area (Å²) in [6, 6.07) is 9.20. The van der Waals surface area contributed by atoms with Crippen LogP contribution < -0.4 is 11.1 Å². The largest absolute Gasteiger partial charge is 0.398 e. The topological polar surface area (TPSA) is 72.9 Å². The second kappa shape index (κ2) is 5.42. The highest BCUT2D eigenvalue weighted by Gasteiger charge is 2.19. The van der Waals surface area contributed by atoms with E-state index in [4.69, 9.17) is 5.73 Å². The predicted octanol–water partition coefficient (Wildman–Crippen LogP) is 2.87. The van der Waals surface area contributed by atoms with Crippen LogP contribution in [0.5, 0.6) is 0 Å². The summed E-state index contributed by atoms with van der Waals surface area (Å²) in [6.07, 6.45) is 0. The maximum Gasteiger partial charge on any atom is 0.270 e. The number of carbonyl (C=O) groups excluding carboxylic acids is 1. The second-order valence-corrected chi connectivity index (χ2v) is 5.56. The van der Waals surface area contributed by atoms with Crippen molar-refractivity contribution in [2.45, 2.75) is 0 Å². The first-order chi connectivity index (χ1) is 10.5. The zero-order chi connectivity index (χ0) is 15.9. The van der Waals surface area contributed by atoms with E-state index in [0.29, 0.717) is 32.4 Å². The summed E-state index contributed by atoms with van der Waals surface area (Å²) >= 11 is 3.35. The molecule has 3 aromatic rings. The first kappa shape index (κ1) is 14.5. The number of nitrogens with zero attached hydrogens (tertiary/aromatic N) is 2. The highest BCUT2D eigenvalue weighted by molar-refractivity contribution is 9.10. The highest BCUT2D eigenvalue weighted by atomic mass is 79.9. The Balaban J connectivity index is 2.33. The quantitative estimate of drug-likeness (QED) is 0.688. The average molecular weight is 363 g/mol. The molecule has 22 heavy (non-hydrogen) atoms. The van der Waals surface area contributed by atoms with Crippen molar-refractivity contribution in [2.75, 3.05) is 12.8 Å². The highest BCUT2D eigenvalue weighted by Crippen LogP contribution is 2.29. The van der Waals surface area contributed by atoms with E-state index in [2.05, 4.69) is 26.3 Å². The van der Waals surface area contributed by atoms with Gasteiger partial charge >= 0.3 is 0 Å². The fraction of sp³-hybridized carbons (Fsp3) is 0.0667. The van der Waals surface area contributed by atoms with Crippen LogP contribution in [-0.2, 0) is 0 Å². The van der Waals surface area contributed by atoms with Gasteiger partial charge in [-0.1, -0.05) is 0 Å². The van der Waals surface area contributed by atoms with Crippen LogP contribution in [0.3, 0.4) is 0 Å². The molecule has 0 aliphatic rings. The second-order valence-electron chi connectivity index (χ2n) is 4.71. The lowest BCUT2D eigenvalue weighted by Crippen LogP contribution is -2.21. The smallest absolute Gasteiger partial charge is 0.270 e. The molecule has 1 heterocycles. The Bertz CT molecular complexity index is 873. The van der Waals surface area contributed by atoms with E-state index in [-0.39, 0.29) is 11.7 Å². The molecule has 2 aromatic carbocycles. The van der Waals surface area contributed by atoms with Crippen molar-refractivity contribution < 1.29 is 9.18 Å². The normalized spacial score (nSPS) is 10.9. The Labute approximate surface area is 134 Å². The molecule has 5 nitrogen and oxygen atoms in total. The molecule has 0 bridgehead atoms. The molecule has 1 amide bonds. The summed E-state index contributed by atoms with van der Waals surface area (Å²) in [7, 11) is 1.54. The van der Waals surface area contributed by atoms with Crippen molar-refractivity contribution in [3.05, 3.63) is 52.4 Å². The lowest BCUT2D eigenvalue weighted by Gasteiger charge is -2.06. The van der Waals surface area contributed by atoms with E-state index in [1.54, 1.807) is 31.3 Å². The van der Waals surface area contributed by atoms with Gasteiger partial charge in [-0.15, -0.1) is 0 Å². The number of carbonyl (C=O) groups is 1. The SMILES string of the molecule is CNC(=O)c1c2cc(Br)c(N)cc2nn1-c1ccc(F)cc1. The third-order valence-corrected chi connectivity index (χ3v) is 3.99.